The van der Waals surface area contributed by atoms with Crippen molar-refractivity contribution in [3.63, 3.8) is 0 Å². The van der Waals surface area contributed by atoms with Crippen LogP contribution in [0.15, 0.2) is 24.3 Å². The Morgan fingerprint density at radius 1 is 1.12 bits per heavy atom. The average molecular weight is 233 g/mol. The van der Waals surface area contributed by atoms with Crippen molar-refractivity contribution in [2.45, 2.75) is 32.2 Å². The van der Waals surface area contributed by atoms with Crippen molar-refractivity contribution < 1.29 is 17.9 Å². The van der Waals surface area contributed by atoms with E-state index in [2.05, 4.69) is 0 Å². The fourth-order valence-corrected chi connectivity index (χ4v) is 1.12. The van der Waals surface area contributed by atoms with Crippen LogP contribution in [0.4, 0.5) is 13.2 Å². The number of hydrogen-bond donors (Lipinski definition) is 1. The number of rotatable bonds is 3. The van der Waals surface area contributed by atoms with Gasteiger partial charge in [-0.15, -0.1) is 0 Å². The Kier molecular flexibility index (Phi) is 3.80. The number of benzene rings is 1. The van der Waals surface area contributed by atoms with Gasteiger partial charge in [-0.2, -0.15) is 13.2 Å². The number of hydrogen-bond acceptors (Lipinski definition) is 2. The lowest BCUT2D eigenvalue weighted by atomic mass is 10.1. The Bertz CT molecular complexity index is 332. The van der Waals surface area contributed by atoms with Crippen LogP contribution in [0.25, 0.3) is 0 Å². The molecule has 2 N–H and O–H groups in total. The Balaban J connectivity index is 2.69. The summed E-state index contributed by atoms with van der Waals surface area (Å²) < 4.78 is 41.3. The Hall–Kier alpha value is -1.23. The molecule has 1 aromatic carbocycles. The van der Waals surface area contributed by atoms with E-state index in [1.165, 1.54) is 12.1 Å². The van der Waals surface area contributed by atoms with Gasteiger partial charge in [0.05, 0.1) is 0 Å². The molecule has 5 heteroatoms. The first-order chi connectivity index (χ1) is 7.30. The van der Waals surface area contributed by atoms with Crippen LogP contribution in [0, 0.1) is 0 Å². The fourth-order valence-electron chi connectivity index (χ4n) is 1.12. The van der Waals surface area contributed by atoms with Crippen molar-refractivity contribution >= 4 is 0 Å². The minimum Gasteiger partial charge on any atom is -0.481 e. The van der Waals surface area contributed by atoms with E-state index >= 15 is 0 Å². The van der Waals surface area contributed by atoms with Crippen molar-refractivity contribution in [2.24, 2.45) is 5.73 Å². The zero-order chi connectivity index (χ0) is 12.3. The summed E-state index contributed by atoms with van der Waals surface area (Å²) in [7, 11) is 0. The largest absolute Gasteiger partial charge is 0.481 e. The molecule has 16 heavy (non-hydrogen) atoms. The molecule has 0 aliphatic heterocycles. The standard InChI is InChI=1S/C11H14F3NO/c1-7(15)9-3-5-10(6-4-9)16-8(2)11(12,13)14/h3-8H,15H2,1-2H3/t7-,8?/m1/s1. The third-order valence-electron chi connectivity index (χ3n) is 2.18. The quantitative estimate of drug-likeness (QED) is 0.870. The van der Waals surface area contributed by atoms with Crippen LogP contribution in [0.5, 0.6) is 5.75 Å². The summed E-state index contributed by atoms with van der Waals surface area (Å²) in [4.78, 5) is 0. The Morgan fingerprint density at radius 2 is 1.62 bits per heavy atom. The van der Waals surface area contributed by atoms with Gasteiger partial charge in [0, 0.05) is 6.04 Å². The smallest absolute Gasteiger partial charge is 0.425 e. The van der Waals surface area contributed by atoms with Gasteiger partial charge in [-0.05, 0) is 31.5 Å². The van der Waals surface area contributed by atoms with E-state index in [4.69, 9.17) is 10.5 Å². The topological polar surface area (TPSA) is 35.2 Å². The zero-order valence-corrected chi connectivity index (χ0v) is 9.08. The molecular formula is C11H14F3NO. The minimum atomic E-state index is -4.35. The average Bonchev–Trinajstić information content (AvgIpc) is 2.17. The third-order valence-corrected chi connectivity index (χ3v) is 2.18. The van der Waals surface area contributed by atoms with Gasteiger partial charge in [0.2, 0.25) is 0 Å². The van der Waals surface area contributed by atoms with E-state index in [-0.39, 0.29) is 11.8 Å². The number of ether oxygens (including phenoxy) is 1. The van der Waals surface area contributed by atoms with Gasteiger partial charge < -0.3 is 10.5 Å². The second-order valence-corrected chi connectivity index (χ2v) is 3.66. The molecule has 1 rings (SSSR count). The SMILES string of the molecule is CC(Oc1ccc([C@@H](C)N)cc1)C(F)(F)F. The summed E-state index contributed by atoms with van der Waals surface area (Å²) in [5.41, 5.74) is 6.47. The van der Waals surface area contributed by atoms with Crippen molar-refractivity contribution in [3.05, 3.63) is 29.8 Å². The minimum absolute atomic E-state index is 0.144. The first kappa shape index (κ1) is 12.8. The predicted octanol–water partition coefficient (Wildman–Crippen LogP) is 3.04. The molecule has 0 bridgehead atoms. The van der Waals surface area contributed by atoms with Crippen molar-refractivity contribution in [1.29, 1.82) is 0 Å². The fraction of sp³-hybridized carbons (Fsp3) is 0.455. The van der Waals surface area contributed by atoms with Crippen molar-refractivity contribution in [1.82, 2.24) is 0 Å². The van der Waals surface area contributed by atoms with Crippen LogP contribution >= 0.6 is 0 Å². The van der Waals surface area contributed by atoms with Crippen molar-refractivity contribution in [3.8, 4) is 5.75 Å². The van der Waals surface area contributed by atoms with E-state index < -0.39 is 12.3 Å². The van der Waals surface area contributed by atoms with Gasteiger partial charge in [0.25, 0.3) is 0 Å². The summed E-state index contributed by atoms with van der Waals surface area (Å²) in [5.74, 6) is 0.189. The van der Waals surface area contributed by atoms with Gasteiger partial charge in [-0.25, -0.2) is 0 Å². The normalized spacial score (nSPS) is 15.6. The van der Waals surface area contributed by atoms with Crippen LogP contribution in [0.2, 0.25) is 0 Å². The molecule has 0 radical (unpaired) electrons. The van der Waals surface area contributed by atoms with Gasteiger partial charge in [-0.3, -0.25) is 0 Å². The molecule has 1 unspecified atom stereocenters. The number of alkyl halides is 3. The second-order valence-electron chi connectivity index (χ2n) is 3.66. The molecule has 0 aliphatic rings. The molecule has 0 aliphatic carbocycles. The molecule has 90 valence electrons. The van der Waals surface area contributed by atoms with E-state index in [0.717, 1.165) is 12.5 Å². The maximum atomic E-state index is 12.2. The van der Waals surface area contributed by atoms with E-state index in [1.54, 1.807) is 19.1 Å². The molecule has 0 fully saturated rings. The molecule has 0 saturated heterocycles. The molecule has 0 heterocycles. The van der Waals surface area contributed by atoms with E-state index in [9.17, 15) is 13.2 Å². The monoisotopic (exact) mass is 233 g/mol. The molecule has 0 amide bonds. The summed E-state index contributed by atoms with van der Waals surface area (Å²) >= 11 is 0. The highest BCUT2D eigenvalue weighted by atomic mass is 19.4. The Morgan fingerprint density at radius 3 is 2.00 bits per heavy atom. The molecular weight excluding hydrogens is 219 g/mol. The third kappa shape index (κ3) is 3.41. The lowest BCUT2D eigenvalue weighted by Crippen LogP contribution is -2.31. The number of halogens is 3. The molecule has 0 saturated carbocycles. The zero-order valence-electron chi connectivity index (χ0n) is 9.08. The summed E-state index contributed by atoms with van der Waals surface area (Å²) in [6, 6.07) is 6.14. The maximum absolute atomic E-state index is 12.2. The van der Waals surface area contributed by atoms with Crippen LogP contribution in [-0.2, 0) is 0 Å². The summed E-state index contributed by atoms with van der Waals surface area (Å²) in [5, 5.41) is 0. The lowest BCUT2D eigenvalue weighted by molar-refractivity contribution is -0.189. The highest BCUT2D eigenvalue weighted by Crippen LogP contribution is 2.25. The summed E-state index contributed by atoms with van der Waals surface area (Å²) in [6.07, 6.45) is -6.16. The Labute approximate surface area is 92.2 Å². The highest BCUT2D eigenvalue weighted by Gasteiger charge is 2.37. The van der Waals surface area contributed by atoms with Crippen molar-refractivity contribution in [2.75, 3.05) is 0 Å². The van der Waals surface area contributed by atoms with Gasteiger partial charge in [0.1, 0.15) is 5.75 Å². The van der Waals surface area contributed by atoms with E-state index in [0.29, 0.717) is 0 Å². The maximum Gasteiger partial charge on any atom is 0.425 e. The van der Waals surface area contributed by atoms with Crippen LogP contribution < -0.4 is 10.5 Å². The van der Waals surface area contributed by atoms with E-state index in [1.807, 2.05) is 0 Å². The molecule has 0 aromatic heterocycles. The van der Waals surface area contributed by atoms with Crippen LogP contribution in [0.1, 0.15) is 25.5 Å². The predicted molar refractivity (Wildman–Crippen MR) is 55.2 cm³/mol. The molecule has 0 spiro atoms. The molecule has 1 aromatic rings. The molecule has 2 nitrogen and oxygen atoms in total. The molecule has 2 atom stereocenters. The summed E-state index contributed by atoms with van der Waals surface area (Å²) in [6.45, 7) is 2.77. The lowest BCUT2D eigenvalue weighted by Gasteiger charge is -2.18. The van der Waals surface area contributed by atoms with Crippen LogP contribution in [0.3, 0.4) is 0 Å². The number of nitrogens with two attached hydrogens (primary N) is 1. The first-order valence-corrected chi connectivity index (χ1v) is 4.89. The van der Waals surface area contributed by atoms with Gasteiger partial charge in [-0.1, -0.05) is 12.1 Å². The first-order valence-electron chi connectivity index (χ1n) is 4.89. The van der Waals surface area contributed by atoms with Gasteiger partial charge >= 0.3 is 6.18 Å². The van der Waals surface area contributed by atoms with Gasteiger partial charge in [0.15, 0.2) is 6.10 Å². The highest BCUT2D eigenvalue weighted by molar-refractivity contribution is 5.28. The van der Waals surface area contributed by atoms with Crippen LogP contribution in [-0.4, -0.2) is 12.3 Å². The second kappa shape index (κ2) is 4.74.